The molecule has 3 rings (SSSR count). The number of ether oxygens (including phenoxy) is 1. The first-order valence-electron chi connectivity index (χ1n) is 7.68. The van der Waals surface area contributed by atoms with E-state index in [1.807, 2.05) is 12.1 Å². The molecule has 1 saturated carbocycles. The van der Waals surface area contributed by atoms with Gasteiger partial charge in [-0.1, -0.05) is 12.1 Å². The van der Waals surface area contributed by atoms with Crippen LogP contribution in [0.5, 0.6) is 0 Å². The van der Waals surface area contributed by atoms with E-state index >= 15 is 0 Å². The minimum absolute atomic E-state index is 0.00106. The Morgan fingerprint density at radius 2 is 1.82 bits per heavy atom. The van der Waals surface area contributed by atoms with Crippen molar-refractivity contribution in [3.8, 4) is 0 Å². The molecule has 0 unspecified atom stereocenters. The molecule has 1 aliphatic heterocycles. The van der Waals surface area contributed by atoms with E-state index in [4.69, 9.17) is 4.74 Å². The van der Waals surface area contributed by atoms with Gasteiger partial charge in [0.15, 0.2) is 0 Å². The third-order valence-corrected chi connectivity index (χ3v) is 3.83. The molecule has 1 aromatic rings. The summed E-state index contributed by atoms with van der Waals surface area (Å²) < 4.78 is 5.22. The van der Waals surface area contributed by atoms with E-state index in [0.29, 0.717) is 37.9 Å². The van der Waals surface area contributed by atoms with E-state index in [2.05, 4.69) is 5.32 Å². The Balaban J connectivity index is 1.56. The van der Waals surface area contributed by atoms with Crippen LogP contribution in [0, 0.1) is 0 Å². The molecular formula is C17H20N2O3. The van der Waals surface area contributed by atoms with Gasteiger partial charge in [0.1, 0.15) is 0 Å². The highest BCUT2D eigenvalue weighted by molar-refractivity contribution is 5.95. The average molecular weight is 300 g/mol. The van der Waals surface area contributed by atoms with Gasteiger partial charge in [0.2, 0.25) is 5.91 Å². The van der Waals surface area contributed by atoms with Crippen LogP contribution in [-0.2, 0) is 9.53 Å². The minimum atomic E-state index is -0.0255. The molecule has 2 amide bonds. The molecule has 1 aromatic carbocycles. The van der Waals surface area contributed by atoms with Gasteiger partial charge in [-0.15, -0.1) is 0 Å². The number of nitrogens with zero attached hydrogens (tertiary/aromatic N) is 1. The summed E-state index contributed by atoms with van der Waals surface area (Å²) in [7, 11) is 0. The van der Waals surface area contributed by atoms with Crippen molar-refractivity contribution in [2.45, 2.75) is 18.9 Å². The molecule has 0 spiro atoms. The highest BCUT2D eigenvalue weighted by Gasteiger charge is 2.23. The van der Waals surface area contributed by atoms with E-state index in [1.165, 1.54) is 0 Å². The fourth-order valence-corrected chi connectivity index (χ4v) is 2.30. The van der Waals surface area contributed by atoms with Gasteiger partial charge in [-0.2, -0.15) is 0 Å². The molecule has 1 aliphatic carbocycles. The fraction of sp³-hybridized carbons (Fsp3) is 0.412. The summed E-state index contributed by atoms with van der Waals surface area (Å²) in [5, 5.41) is 2.95. The van der Waals surface area contributed by atoms with Crippen LogP contribution in [0.1, 0.15) is 28.8 Å². The van der Waals surface area contributed by atoms with Gasteiger partial charge in [-0.05, 0) is 36.6 Å². The Labute approximate surface area is 129 Å². The SMILES string of the molecule is O=C(NC1CC1)c1ccc(C=CC(=O)N2CCOCC2)cc1. The summed E-state index contributed by atoms with van der Waals surface area (Å²) in [6.45, 7) is 2.49. The number of benzene rings is 1. The molecule has 1 saturated heterocycles. The first-order chi connectivity index (χ1) is 10.7. The normalized spacial score (nSPS) is 18.5. The lowest BCUT2D eigenvalue weighted by molar-refractivity contribution is -0.129. The second-order valence-electron chi connectivity index (χ2n) is 5.64. The summed E-state index contributed by atoms with van der Waals surface area (Å²) in [6, 6.07) is 7.64. The van der Waals surface area contributed by atoms with Crippen molar-refractivity contribution in [3.63, 3.8) is 0 Å². The van der Waals surface area contributed by atoms with E-state index in [-0.39, 0.29) is 11.8 Å². The van der Waals surface area contributed by atoms with Crippen LogP contribution in [0.4, 0.5) is 0 Å². The minimum Gasteiger partial charge on any atom is -0.378 e. The Kier molecular flexibility index (Phi) is 4.53. The molecule has 0 radical (unpaired) electrons. The van der Waals surface area contributed by atoms with Crippen molar-refractivity contribution in [2.24, 2.45) is 0 Å². The van der Waals surface area contributed by atoms with Gasteiger partial charge in [-0.3, -0.25) is 9.59 Å². The first kappa shape index (κ1) is 14.8. The third kappa shape index (κ3) is 3.95. The predicted molar refractivity (Wildman–Crippen MR) is 83.4 cm³/mol. The topological polar surface area (TPSA) is 58.6 Å². The van der Waals surface area contributed by atoms with E-state index in [1.54, 1.807) is 29.2 Å². The van der Waals surface area contributed by atoms with Crippen LogP contribution in [-0.4, -0.2) is 49.1 Å². The van der Waals surface area contributed by atoms with Gasteiger partial charge in [0.05, 0.1) is 13.2 Å². The number of hydrogen-bond acceptors (Lipinski definition) is 3. The number of hydrogen-bond donors (Lipinski definition) is 1. The Hall–Kier alpha value is -2.14. The summed E-state index contributed by atoms with van der Waals surface area (Å²) in [5.74, 6) is -0.0266. The molecule has 5 nitrogen and oxygen atoms in total. The second-order valence-corrected chi connectivity index (χ2v) is 5.64. The number of nitrogens with one attached hydrogen (secondary N) is 1. The summed E-state index contributed by atoms with van der Waals surface area (Å²) >= 11 is 0. The largest absolute Gasteiger partial charge is 0.378 e. The lowest BCUT2D eigenvalue weighted by Crippen LogP contribution is -2.39. The number of carbonyl (C=O) groups is 2. The second kappa shape index (κ2) is 6.75. The van der Waals surface area contributed by atoms with Crippen molar-refractivity contribution in [1.29, 1.82) is 0 Å². The molecular weight excluding hydrogens is 280 g/mol. The molecule has 1 heterocycles. The number of rotatable bonds is 4. The highest BCUT2D eigenvalue weighted by Crippen LogP contribution is 2.19. The van der Waals surface area contributed by atoms with Crippen LogP contribution < -0.4 is 5.32 Å². The van der Waals surface area contributed by atoms with E-state index in [0.717, 1.165) is 18.4 Å². The zero-order valence-electron chi connectivity index (χ0n) is 12.5. The Morgan fingerprint density at radius 1 is 1.14 bits per heavy atom. The average Bonchev–Trinajstić information content (AvgIpc) is 3.38. The molecule has 2 aliphatic rings. The Bertz CT molecular complexity index is 570. The third-order valence-electron chi connectivity index (χ3n) is 3.83. The molecule has 5 heteroatoms. The van der Waals surface area contributed by atoms with Gasteiger partial charge in [0.25, 0.3) is 5.91 Å². The number of morpholine rings is 1. The van der Waals surface area contributed by atoms with Gasteiger partial charge in [0, 0.05) is 30.8 Å². The zero-order valence-corrected chi connectivity index (χ0v) is 12.5. The van der Waals surface area contributed by atoms with Crippen LogP contribution in [0.15, 0.2) is 30.3 Å². The van der Waals surface area contributed by atoms with Gasteiger partial charge < -0.3 is 15.0 Å². The van der Waals surface area contributed by atoms with Gasteiger partial charge >= 0.3 is 0 Å². The summed E-state index contributed by atoms with van der Waals surface area (Å²) in [4.78, 5) is 25.6. The fourth-order valence-electron chi connectivity index (χ4n) is 2.30. The number of carbonyl (C=O) groups excluding carboxylic acids is 2. The monoisotopic (exact) mass is 300 g/mol. The van der Waals surface area contributed by atoms with Crippen LogP contribution in [0.3, 0.4) is 0 Å². The summed E-state index contributed by atoms with van der Waals surface area (Å²) in [5.41, 5.74) is 1.56. The zero-order chi connectivity index (χ0) is 15.4. The van der Waals surface area contributed by atoms with Crippen LogP contribution >= 0.6 is 0 Å². The van der Waals surface area contributed by atoms with Crippen molar-refractivity contribution in [2.75, 3.05) is 26.3 Å². The van der Waals surface area contributed by atoms with Gasteiger partial charge in [-0.25, -0.2) is 0 Å². The maximum atomic E-state index is 12.0. The predicted octanol–water partition coefficient (Wildman–Crippen LogP) is 1.45. The molecule has 116 valence electrons. The lowest BCUT2D eigenvalue weighted by atomic mass is 10.1. The molecule has 2 fully saturated rings. The number of amides is 2. The van der Waals surface area contributed by atoms with Crippen LogP contribution in [0.2, 0.25) is 0 Å². The lowest BCUT2D eigenvalue weighted by Gasteiger charge is -2.25. The van der Waals surface area contributed by atoms with Crippen molar-refractivity contribution >= 4 is 17.9 Å². The van der Waals surface area contributed by atoms with Crippen LogP contribution in [0.25, 0.3) is 6.08 Å². The quantitative estimate of drug-likeness (QED) is 0.856. The van der Waals surface area contributed by atoms with Crippen molar-refractivity contribution < 1.29 is 14.3 Å². The first-order valence-corrected chi connectivity index (χ1v) is 7.68. The van der Waals surface area contributed by atoms with Crippen molar-refractivity contribution in [3.05, 3.63) is 41.5 Å². The molecule has 0 atom stereocenters. The molecule has 1 N–H and O–H groups in total. The smallest absolute Gasteiger partial charge is 0.251 e. The van der Waals surface area contributed by atoms with Crippen molar-refractivity contribution in [1.82, 2.24) is 10.2 Å². The Morgan fingerprint density at radius 3 is 2.45 bits per heavy atom. The maximum absolute atomic E-state index is 12.0. The molecule has 0 aromatic heterocycles. The highest BCUT2D eigenvalue weighted by atomic mass is 16.5. The van der Waals surface area contributed by atoms with E-state index < -0.39 is 0 Å². The maximum Gasteiger partial charge on any atom is 0.251 e. The molecule has 22 heavy (non-hydrogen) atoms. The standard InChI is InChI=1S/C17H20N2O3/c20-16(19-9-11-22-12-10-19)8-3-13-1-4-14(5-2-13)17(21)18-15-6-7-15/h1-5,8,15H,6-7,9-12H2,(H,18,21). The molecule has 0 bridgehead atoms. The van der Waals surface area contributed by atoms with E-state index in [9.17, 15) is 9.59 Å². The summed E-state index contributed by atoms with van der Waals surface area (Å²) in [6.07, 6.45) is 5.51.